The van der Waals surface area contributed by atoms with Crippen LogP contribution < -0.4 is 5.32 Å². The molecular formula is C15H22FN. The van der Waals surface area contributed by atoms with Crippen molar-refractivity contribution in [3.63, 3.8) is 0 Å². The standard InChI is InChI=1S/C15H22FN/c1-3-4-5-6-7-12-17-13(2)14-8-10-15(16)11-9-14/h3,8-11,13,17H,1,4-7,12H2,2H3/t13-/m0/s1. The van der Waals surface area contributed by atoms with Crippen molar-refractivity contribution in [3.8, 4) is 0 Å². The van der Waals surface area contributed by atoms with Crippen molar-refractivity contribution in [1.29, 1.82) is 0 Å². The minimum atomic E-state index is -0.176. The van der Waals surface area contributed by atoms with Gasteiger partial charge in [-0.15, -0.1) is 6.58 Å². The number of allylic oxidation sites excluding steroid dienone is 1. The van der Waals surface area contributed by atoms with E-state index in [0.717, 1.165) is 18.5 Å². The molecule has 1 aromatic carbocycles. The van der Waals surface area contributed by atoms with Gasteiger partial charge in [0.05, 0.1) is 0 Å². The van der Waals surface area contributed by atoms with Gasteiger partial charge in [0.2, 0.25) is 0 Å². The molecule has 0 spiro atoms. The Labute approximate surface area is 104 Å². The van der Waals surface area contributed by atoms with Crippen LogP contribution in [-0.4, -0.2) is 6.54 Å². The van der Waals surface area contributed by atoms with Gasteiger partial charge in [0, 0.05) is 6.04 Å². The first-order valence-electron chi connectivity index (χ1n) is 6.34. The second-order valence-electron chi connectivity index (χ2n) is 4.37. The predicted molar refractivity (Wildman–Crippen MR) is 71.5 cm³/mol. The largest absolute Gasteiger partial charge is 0.310 e. The van der Waals surface area contributed by atoms with Crippen LogP contribution >= 0.6 is 0 Å². The molecule has 0 saturated carbocycles. The van der Waals surface area contributed by atoms with Gasteiger partial charge in [-0.25, -0.2) is 4.39 Å². The summed E-state index contributed by atoms with van der Waals surface area (Å²) in [4.78, 5) is 0. The van der Waals surface area contributed by atoms with Crippen LogP contribution in [0.15, 0.2) is 36.9 Å². The van der Waals surface area contributed by atoms with Crippen LogP contribution in [0.4, 0.5) is 4.39 Å². The van der Waals surface area contributed by atoms with Crippen LogP contribution in [0.3, 0.4) is 0 Å². The minimum Gasteiger partial charge on any atom is -0.310 e. The molecule has 0 bridgehead atoms. The van der Waals surface area contributed by atoms with Crippen molar-refractivity contribution in [2.24, 2.45) is 0 Å². The third-order valence-corrected chi connectivity index (χ3v) is 2.91. The number of benzene rings is 1. The SMILES string of the molecule is C=CCCCCCN[C@@H](C)c1ccc(F)cc1. The number of unbranched alkanes of at least 4 members (excludes halogenated alkanes) is 3. The second-order valence-corrected chi connectivity index (χ2v) is 4.37. The molecule has 0 saturated heterocycles. The van der Waals surface area contributed by atoms with Crippen LogP contribution in [0.1, 0.15) is 44.2 Å². The first-order chi connectivity index (χ1) is 8.24. The molecule has 0 aliphatic rings. The molecule has 0 aliphatic heterocycles. The average Bonchev–Trinajstić information content (AvgIpc) is 2.34. The van der Waals surface area contributed by atoms with Crippen molar-refractivity contribution in [2.45, 2.75) is 38.6 Å². The third-order valence-electron chi connectivity index (χ3n) is 2.91. The average molecular weight is 235 g/mol. The molecular weight excluding hydrogens is 213 g/mol. The van der Waals surface area contributed by atoms with Crippen molar-refractivity contribution < 1.29 is 4.39 Å². The molecule has 0 heterocycles. The van der Waals surface area contributed by atoms with E-state index < -0.39 is 0 Å². The zero-order valence-corrected chi connectivity index (χ0v) is 10.6. The summed E-state index contributed by atoms with van der Waals surface area (Å²) in [6.07, 6.45) is 6.70. The van der Waals surface area contributed by atoms with Gasteiger partial charge in [0.15, 0.2) is 0 Å². The summed E-state index contributed by atoms with van der Waals surface area (Å²) in [6.45, 7) is 6.82. The number of rotatable bonds is 8. The van der Waals surface area contributed by atoms with Gasteiger partial charge in [0.1, 0.15) is 5.82 Å². The van der Waals surface area contributed by atoms with Crippen LogP contribution in [0.5, 0.6) is 0 Å². The van der Waals surface area contributed by atoms with Crippen LogP contribution in [0, 0.1) is 5.82 Å². The topological polar surface area (TPSA) is 12.0 Å². The lowest BCUT2D eigenvalue weighted by Gasteiger charge is -2.14. The number of hydrogen-bond acceptors (Lipinski definition) is 1. The Balaban J connectivity index is 2.18. The Morgan fingerprint density at radius 2 is 1.94 bits per heavy atom. The zero-order chi connectivity index (χ0) is 12.5. The van der Waals surface area contributed by atoms with E-state index in [0.29, 0.717) is 0 Å². The fourth-order valence-electron chi connectivity index (χ4n) is 1.78. The molecule has 94 valence electrons. The summed E-state index contributed by atoms with van der Waals surface area (Å²) < 4.78 is 12.7. The van der Waals surface area contributed by atoms with E-state index in [1.165, 1.54) is 31.4 Å². The zero-order valence-electron chi connectivity index (χ0n) is 10.6. The molecule has 1 aromatic rings. The summed E-state index contributed by atoms with van der Waals surface area (Å²) in [5.41, 5.74) is 1.14. The molecule has 0 radical (unpaired) electrons. The highest BCUT2D eigenvalue weighted by Crippen LogP contribution is 2.12. The van der Waals surface area contributed by atoms with E-state index >= 15 is 0 Å². The van der Waals surface area contributed by atoms with E-state index in [9.17, 15) is 4.39 Å². The van der Waals surface area contributed by atoms with Gasteiger partial charge in [-0.3, -0.25) is 0 Å². The van der Waals surface area contributed by atoms with E-state index in [4.69, 9.17) is 0 Å². The minimum absolute atomic E-state index is 0.176. The third kappa shape index (κ3) is 5.64. The lowest BCUT2D eigenvalue weighted by Crippen LogP contribution is -2.19. The van der Waals surface area contributed by atoms with Crippen LogP contribution in [-0.2, 0) is 0 Å². The molecule has 17 heavy (non-hydrogen) atoms. The van der Waals surface area contributed by atoms with Crippen molar-refractivity contribution in [2.75, 3.05) is 6.54 Å². The number of nitrogens with one attached hydrogen (secondary N) is 1. The highest BCUT2D eigenvalue weighted by Gasteiger charge is 2.03. The molecule has 2 heteroatoms. The van der Waals surface area contributed by atoms with Crippen molar-refractivity contribution >= 4 is 0 Å². The van der Waals surface area contributed by atoms with Crippen molar-refractivity contribution in [3.05, 3.63) is 48.3 Å². The number of halogens is 1. The quantitative estimate of drug-likeness (QED) is 0.525. The molecule has 1 atom stereocenters. The van der Waals surface area contributed by atoms with E-state index in [2.05, 4.69) is 18.8 Å². The molecule has 1 N–H and O–H groups in total. The molecule has 0 aliphatic carbocycles. The molecule has 0 aromatic heterocycles. The highest BCUT2D eigenvalue weighted by atomic mass is 19.1. The van der Waals surface area contributed by atoms with Gasteiger partial charge in [-0.05, 0) is 50.4 Å². The first kappa shape index (κ1) is 13.9. The Morgan fingerprint density at radius 1 is 1.24 bits per heavy atom. The lowest BCUT2D eigenvalue weighted by molar-refractivity contribution is 0.538. The second kappa shape index (κ2) is 8.02. The molecule has 0 amide bonds. The predicted octanol–water partition coefficient (Wildman–Crippen LogP) is 4.22. The van der Waals surface area contributed by atoms with E-state index in [-0.39, 0.29) is 11.9 Å². The summed E-state index contributed by atoms with van der Waals surface area (Å²) in [5.74, 6) is -0.176. The van der Waals surface area contributed by atoms with Gasteiger partial charge in [-0.1, -0.05) is 24.6 Å². The maximum Gasteiger partial charge on any atom is 0.123 e. The van der Waals surface area contributed by atoms with Gasteiger partial charge in [0.25, 0.3) is 0 Å². The maximum absolute atomic E-state index is 12.7. The summed E-state index contributed by atoms with van der Waals surface area (Å²) in [5, 5.41) is 3.45. The van der Waals surface area contributed by atoms with Gasteiger partial charge >= 0.3 is 0 Å². The molecule has 1 rings (SSSR count). The van der Waals surface area contributed by atoms with Gasteiger partial charge in [-0.2, -0.15) is 0 Å². The monoisotopic (exact) mass is 235 g/mol. The van der Waals surface area contributed by atoms with Crippen LogP contribution in [0.25, 0.3) is 0 Å². The van der Waals surface area contributed by atoms with Crippen molar-refractivity contribution in [1.82, 2.24) is 5.32 Å². The summed E-state index contributed by atoms with van der Waals surface area (Å²) >= 11 is 0. The number of hydrogen-bond donors (Lipinski definition) is 1. The molecule has 0 unspecified atom stereocenters. The summed E-state index contributed by atoms with van der Waals surface area (Å²) in [6, 6.07) is 6.99. The molecule has 1 nitrogen and oxygen atoms in total. The molecule has 0 fully saturated rings. The van der Waals surface area contributed by atoms with Gasteiger partial charge < -0.3 is 5.32 Å². The Hall–Kier alpha value is -1.15. The normalized spacial score (nSPS) is 12.4. The Kier molecular flexibility index (Phi) is 6.56. The maximum atomic E-state index is 12.7. The van der Waals surface area contributed by atoms with Crippen LogP contribution in [0.2, 0.25) is 0 Å². The fraction of sp³-hybridized carbons (Fsp3) is 0.467. The Morgan fingerprint density at radius 3 is 2.59 bits per heavy atom. The van der Waals surface area contributed by atoms with E-state index in [1.807, 2.05) is 18.2 Å². The smallest absolute Gasteiger partial charge is 0.123 e. The Bertz CT molecular complexity index is 318. The lowest BCUT2D eigenvalue weighted by atomic mass is 10.1. The highest BCUT2D eigenvalue weighted by molar-refractivity contribution is 5.19. The fourth-order valence-corrected chi connectivity index (χ4v) is 1.78. The van der Waals surface area contributed by atoms with E-state index in [1.54, 1.807) is 0 Å². The first-order valence-corrected chi connectivity index (χ1v) is 6.34. The summed E-state index contributed by atoms with van der Waals surface area (Å²) in [7, 11) is 0.